The third-order valence-corrected chi connectivity index (χ3v) is 2.20. The van der Waals surface area contributed by atoms with Crippen LogP contribution in [0.4, 0.5) is 4.79 Å². The van der Waals surface area contributed by atoms with Crippen molar-refractivity contribution in [2.45, 2.75) is 19.3 Å². The maximum absolute atomic E-state index is 11.0. The van der Waals surface area contributed by atoms with Crippen molar-refractivity contribution < 1.29 is 19.4 Å². The quantitative estimate of drug-likeness (QED) is 0.519. The van der Waals surface area contributed by atoms with Gasteiger partial charge in [-0.1, -0.05) is 0 Å². The van der Waals surface area contributed by atoms with E-state index in [4.69, 9.17) is 9.84 Å². The number of hydrogen-bond acceptors (Lipinski definition) is 3. The van der Waals surface area contributed by atoms with Crippen molar-refractivity contribution in [1.29, 1.82) is 0 Å². The second-order valence-corrected chi connectivity index (χ2v) is 3.88. The average Bonchev–Trinajstić information content (AvgIpc) is 3.04. The lowest BCUT2D eigenvalue weighted by atomic mass is 10.4. The molecule has 1 aliphatic rings. The van der Waals surface area contributed by atoms with Gasteiger partial charge in [0.2, 0.25) is 0 Å². The van der Waals surface area contributed by atoms with Crippen LogP contribution in [0.1, 0.15) is 19.3 Å². The van der Waals surface area contributed by atoms with E-state index in [0.29, 0.717) is 13.2 Å². The summed E-state index contributed by atoms with van der Waals surface area (Å²) < 4.78 is 5.37. The molecule has 1 fully saturated rings. The van der Waals surface area contributed by atoms with Gasteiger partial charge in [-0.25, -0.2) is 4.79 Å². The largest absolute Gasteiger partial charge is 0.480 e. The number of hydrogen-bond donors (Lipinski definition) is 3. The summed E-state index contributed by atoms with van der Waals surface area (Å²) >= 11 is 0. The van der Waals surface area contributed by atoms with Crippen LogP contribution in [0.5, 0.6) is 0 Å². The number of amides is 2. The highest BCUT2D eigenvalue weighted by Crippen LogP contribution is 2.28. The normalized spacial score (nSPS) is 14.5. The first-order valence-corrected chi connectivity index (χ1v) is 5.49. The molecule has 0 saturated heterocycles. The Labute approximate surface area is 94.3 Å². The zero-order valence-electron chi connectivity index (χ0n) is 9.20. The molecule has 0 atom stereocenters. The number of carbonyl (C=O) groups is 2. The second kappa shape index (κ2) is 7.05. The van der Waals surface area contributed by atoms with Gasteiger partial charge in [0.15, 0.2) is 0 Å². The Kier molecular flexibility index (Phi) is 5.63. The summed E-state index contributed by atoms with van der Waals surface area (Å²) in [7, 11) is 0. The first kappa shape index (κ1) is 12.8. The summed E-state index contributed by atoms with van der Waals surface area (Å²) in [5, 5.41) is 13.1. The van der Waals surface area contributed by atoms with Gasteiger partial charge in [-0.2, -0.15) is 0 Å². The Morgan fingerprint density at radius 2 is 2.06 bits per heavy atom. The molecule has 1 saturated carbocycles. The summed E-state index contributed by atoms with van der Waals surface area (Å²) in [5.74, 6) is -0.297. The highest BCUT2D eigenvalue weighted by molar-refractivity contribution is 5.79. The van der Waals surface area contributed by atoms with Crippen LogP contribution < -0.4 is 10.6 Å². The molecular weight excluding hydrogens is 212 g/mol. The monoisotopic (exact) mass is 230 g/mol. The Hall–Kier alpha value is -1.30. The molecule has 0 radical (unpaired) electrons. The molecule has 0 aromatic rings. The fourth-order valence-corrected chi connectivity index (χ4v) is 1.13. The lowest BCUT2D eigenvalue weighted by Crippen LogP contribution is -2.39. The van der Waals surface area contributed by atoms with Crippen LogP contribution in [-0.4, -0.2) is 43.4 Å². The van der Waals surface area contributed by atoms with Crippen LogP contribution in [0.3, 0.4) is 0 Å². The minimum atomic E-state index is -1.05. The van der Waals surface area contributed by atoms with Gasteiger partial charge < -0.3 is 20.5 Å². The molecule has 2 amide bonds. The maximum Gasteiger partial charge on any atom is 0.323 e. The number of rotatable bonds is 8. The molecule has 0 aromatic heterocycles. The molecule has 0 aliphatic heterocycles. The number of carboxylic acids is 1. The minimum absolute atomic E-state index is 0.357. The van der Waals surface area contributed by atoms with Gasteiger partial charge in [-0.3, -0.25) is 4.79 Å². The van der Waals surface area contributed by atoms with E-state index in [9.17, 15) is 9.59 Å². The van der Waals surface area contributed by atoms with Crippen LogP contribution in [0.15, 0.2) is 0 Å². The molecule has 1 rings (SSSR count). The van der Waals surface area contributed by atoms with E-state index >= 15 is 0 Å². The molecule has 92 valence electrons. The lowest BCUT2D eigenvalue weighted by Gasteiger charge is -2.06. The molecular formula is C10H18N2O4. The second-order valence-electron chi connectivity index (χ2n) is 3.88. The fourth-order valence-electron chi connectivity index (χ4n) is 1.13. The standard InChI is InChI=1S/C10H18N2O4/c13-9(14)6-12-10(15)11-4-1-5-16-7-8-2-3-8/h8H,1-7H2,(H,13,14)(H2,11,12,15). The van der Waals surface area contributed by atoms with E-state index in [0.717, 1.165) is 18.9 Å². The maximum atomic E-state index is 11.0. The Morgan fingerprint density at radius 1 is 1.31 bits per heavy atom. The summed E-state index contributed by atoms with van der Waals surface area (Å²) in [4.78, 5) is 21.1. The van der Waals surface area contributed by atoms with E-state index in [-0.39, 0.29) is 6.54 Å². The van der Waals surface area contributed by atoms with Gasteiger partial charge in [0, 0.05) is 19.8 Å². The molecule has 1 aliphatic carbocycles. The summed E-state index contributed by atoms with van der Waals surface area (Å²) in [6.45, 7) is 1.60. The van der Waals surface area contributed by atoms with Gasteiger partial charge in [0.05, 0.1) is 0 Å². The van der Waals surface area contributed by atoms with Crippen molar-refractivity contribution >= 4 is 12.0 Å². The van der Waals surface area contributed by atoms with Crippen molar-refractivity contribution in [2.75, 3.05) is 26.3 Å². The number of carbonyl (C=O) groups excluding carboxylic acids is 1. The first-order chi connectivity index (χ1) is 7.68. The van der Waals surface area contributed by atoms with Gasteiger partial charge >= 0.3 is 12.0 Å². The number of aliphatic carboxylic acids is 1. The van der Waals surface area contributed by atoms with Gasteiger partial charge in [-0.05, 0) is 25.2 Å². The lowest BCUT2D eigenvalue weighted by molar-refractivity contribution is -0.135. The van der Waals surface area contributed by atoms with Crippen molar-refractivity contribution in [3.05, 3.63) is 0 Å². The topological polar surface area (TPSA) is 87.7 Å². The summed E-state index contributed by atoms with van der Waals surface area (Å²) in [6, 6.07) is -0.454. The third kappa shape index (κ3) is 7.05. The SMILES string of the molecule is O=C(O)CNC(=O)NCCCOCC1CC1. The first-order valence-electron chi connectivity index (χ1n) is 5.49. The van der Waals surface area contributed by atoms with Crippen LogP contribution in [0.25, 0.3) is 0 Å². The number of urea groups is 1. The number of carboxylic acid groups (broad SMARTS) is 1. The van der Waals surface area contributed by atoms with Crippen LogP contribution in [0, 0.1) is 5.92 Å². The molecule has 0 bridgehead atoms. The van der Waals surface area contributed by atoms with E-state index in [1.54, 1.807) is 0 Å². The molecule has 0 unspecified atom stereocenters. The van der Waals surface area contributed by atoms with Crippen LogP contribution in [0.2, 0.25) is 0 Å². The van der Waals surface area contributed by atoms with Crippen LogP contribution >= 0.6 is 0 Å². The zero-order valence-corrected chi connectivity index (χ0v) is 9.20. The average molecular weight is 230 g/mol. The van der Waals surface area contributed by atoms with E-state index in [1.165, 1.54) is 12.8 Å². The molecule has 6 nitrogen and oxygen atoms in total. The predicted octanol–water partition coefficient (Wildman–Crippen LogP) is 0.187. The summed E-state index contributed by atoms with van der Waals surface area (Å²) in [6.07, 6.45) is 3.29. The van der Waals surface area contributed by atoms with Crippen molar-refractivity contribution in [2.24, 2.45) is 5.92 Å². The third-order valence-electron chi connectivity index (χ3n) is 2.20. The van der Waals surface area contributed by atoms with Crippen molar-refractivity contribution in [3.63, 3.8) is 0 Å². The summed E-state index contributed by atoms with van der Waals surface area (Å²) in [5.41, 5.74) is 0. The molecule has 0 spiro atoms. The van der Waals surface area contributed by atoms with Gasteiger partial charge in [0.1, 0.15) is 6.54 Å². The van der Waals surface area contributed by atoms with E-state index < -0.39 is 12.0 Å². The Balaban J connectivity index is 1.81. The van der Waals surface area contributed by atoms with E-state index in [2.05, 4.69) is 10.6 Å². The molecule has 3 N–H and O–H groups in total. The molecule has 0 heterocycles. The molecule has 0 aromatic carbocycles. The molecule has 16 heavy (non-hydrogen) atoms. The van der Waals surface area contributed by atoms with Crippen molar-refractivity contribution in [1.82, 2.24) is 10.6 Å². The van der Waals surface area contributed by atoms with Gasteiger partial charge in [0.25, 0.3) is 0 Å². The number of nitrogens with one attached hydrogen (secondary N) is 2. The predicted molar refractivity (Wildman–Crippen MR) is 57.2 cm³/mol. The van der Waals surface area contributed by atoms with Crippen LogP contribution in [-0.2, 0) is 9.53 Å². The Morgan fingerprint density at radius 3 is 2.69 bits per heavy atom. The zero-order chi connectivity index (χ0) is 11.8. The van der Waals surface area contributed by atoms with Crippen molar-refractivity contribution in [3.8, 4) is 0 Å². The minimum Gasteiger partial charge on any atom is -0.480 e. The number of ether oxygens (including phenoxy) is 1. The highest BCUT2D eigenvalue weighted by atomic mass is 16.5. The van der Waals surface area contributed by atoms with Gasteiger partial charge in [-0.15, -0.1) is 0 Å². The van der Waals surface area contributed by atoms with E-state index in [1.807, 2.05) is 0 Å². The Bertz CT molecular complexity index is 241. The smallest absolute Gasteiger partial charge is 0.323 e. The molecule has 6 heteroatoms. The highest BCUT2D eigenvalue weighted by Gasteiger charge is 2.20. The fraction of sp³-hybridized carbons (Fsp3) is 0.800.